The van der Waals surface area contributed by atoms with Gasteiger partial charge in [0.05, 0.1) is 16.1 Å². The molecule has 0 aromatic heterocycles. The summed E-state index contributed by atoms with van der Waals surface area (Å²) in [7, 11) is 0. The molecule has 0 amide bonds. The van der Waals surface area contributed by atoms with E-state index in [4.69, 9.17) is 23.2 Å². The molecule has 0 heterocycles. The van der Waals surface area contributed by atoms with Crippen molar-refractivity contribution in [1.29, 1.82) is 0 Å². The maximum atomic E-state index is 10.4. The van der Waals surface area contributed by atoms with E-state index < -0.39 is 0 Å². The number of hydrogen-bond acceptors (Lipinski definition) is 1. The van der Waals surface area contributed by atoms with Gasteiger partial charge in [-0.2, -0.15) is 0 Å². The van der Waals surface area contributed by atoms with E-state index in [2.05, 4.69) is 6.92 Å². The molecule has 3 heteroatoms. The summed E-state index contributed by atoms with van der Waals surface area (Å²) < 4.78 is 0. The SMILES string of the molecule is CC1CCCC(C(O)Cc2cccc(Cl)c2Cl)C1. The van der Waals surface area contributed by atoms with Crippen LogP contribution in [0.2, 0.25) is 10.0 Å². The number of aliphatic hydroxyl groups is 1. The molecular formula is C15H20Cl2O. The molecule has 1 aromatic carbocycles. The van der Waals surface area contributed by atoms with Crippen LogP contribution in [0.4, 0.5) is 0 Å². The number of halogens is 2. The van der Waals surface area contributed by atoms with E-state index in [-0.39, 0.29) is 6.10 Å². The summed E-state index contributed by atoms with van der Waals surface area (Å²) in [5.41, 5.74) is 0.954. The van der Waals surface area contributed by atoms with Crippen molar-refractivity contribution in [2.24, 2.45) is 11.8 Å². The second-order valence-corrected chi connectivity index (χ2v) is 6.30. The fraction of sp³-hybridized carbons (Fsp3) is 0.600. The first kappa shape index (κ1) is 14.2. The van der Waals surface area contributed by atoms with Gasteiger partial charge >= 0.3 is 0 Å². The van der Waals surface area contributed by atoms with Crippen molar-refractivity contribution >= 4 is 23.2 Å². The molecule has 18 heavy (non-hydrogen) atoms. The Morgan fingerprint density at radius 2 is 2.11 bits per heavy atom. The molecule has 1 N–H and O–H groups in total. The molecule has 100 valence electrons. The van der Waals surface area contributed by atoms with Crippen LogP contribution in [0, 0.1) is 11.8 Å². The zero-order chi connectivity index (χ0) is 13.1. The average molecular weight is 287 g/mol. The summed E-state index contributed by atoms with van der Waals surface area (Å²) in [6.45, 7) is 2.27. The summed E-state index contributed by atoms with van der Waals surface area (Å²) in [4.78, 5) is 0. The summed E-state index contributed by atoms with van der Waals surface area (Å²) in [5, 5.41) is 11.5. The van der Waals surface area contributed by atoms with Crippen molar-refractivity contribution in [3.63, 3.8) is 0 Å². The van der Waals surface area contributed by atoms with E-state index in [1.165, 1.54) is 12.8 Å². The molecule has 1 aliphatic carbocycles. The van der Waals surface area contributed by atoms with E-state index in [9.17, 15) is 5.11 Å². The highest BCUT2D eigenvalue weighted by Gasteiger charge is 2.25. The molecule has 1 aliphatic rings. The van der Waals surface area contributed by atoms with Gasteiger partial charge in [-0.05, 0) is 36.3 Å². The molecule has 1 saturated carbocycles. The van der Waals surface area contributed by atoms with E-state index in [0.29, 0.717) is 22.4 Å². The molecule has 0 bridgehead atoms. The van der Waals surface area contributed by atoms with Crippen LogP contribution in [0.3, 0.4) is 0 Å². The van der Waals surface area contributed by atoms with Gasteiger partial charge in [0.25, 0.3) is 0 Å². The van der Waals surface area contributed by atoms with Gasteiger partial charge in [-0.25, -0.2) is 0 Å². The normalized spacial score (nSPS) is 26.0. The first-order chi connectivity index (χ1) is 8.58. The molecule has 0 spiro atoms. The molecule has 0 radical (unpaired) electrons. The van der Waals surface area contributed by atoms with Crippen molar-refractivity contribution < 1.29 is 5.11 Å². The predicted octanol–water partition coefficient (Wildman–Crippen LogP) is 4.72. The van der Waals surface area contributed by atoms with Crippen LogP contribution in [-0.4, -0.2) is 11.2 Å². The molecule has 3 unspecified atom stereocenters. The molecule has 1 fully saturated rings. The summed E-state index contributed by atoms with van der Waals surface area (Å²) >= 11 is 12.2. The number of aliphatic hydroxyl groups excluding tert-OH is 1. The molecule has 0 aliphatic heterocycles. The fourth-order valence-corrected chi connectivity index (χ4v) is 3.33. The van der Waals surface area contributed by atoms with Crippen molar-refractivity contribution in [3.8, 4) is 0 Å². The highest BCUT2D eigenvalue weighted by molar-refractivity contribution is 6.42. The maximum Gasteiger partial charge on any atom is 0.0625 e. The van der Waals surface area contributed by atoms with Crippen LogP contribution in [0.25, 0.3) is 0 Å². The van der Waals surface area contributed by atoms with Crippen LogP contribution in [0.1, 0.15) is 38.2 Å². The summed E-state index contributed by atoms with van der Waals surface area (Å²) in [6, 6.07) is 5.62. The molecular weight excluding hydrogens is 267 g/mol. The molecule has 1 aromatic rings. The average Bonchev–Trinajstić information content (AvgIpc) is 2.35. The van der Waals surface area contributed by atoms with Gasteiger partial charge in [0, 0.05) is 6.42 Å². The van der Waals surface area contributed by atoms with Crippen LogP contribution in [0.5, 0.6) is 0 Å². The zero-order valence-corrected chi connectivity index (χ0v) is 12.2. The molecule has 3 atom stereocenters. The van der Waals surface area contributed by atoms with Gasteiger partial charge in [0.15, 0.2) is 0 Å². The van der Waals surface area contributed by atoms with Gasteiger partial charge in [-0.3, -0.25) is 0 Å². The van der Waals surface area contributed by atoms with Crippen LogP contribution in [-0.2, 0) is 6.42 Å². The van der Waals surface area contributed by atoms with Crippen molar-refractivity contribution in [1.82, 2.24) is 0 Å². The van der Waals surface area contributed by atoms with Gasteiger partial charge in [0.2, 0.25) is 0 Å². The molecule has 0 saturated heterocycles. The highest BCUT2D eigenvalue weighted by Crippen LogP contribution is 2.33. The van der Waals surface area contributed by atoms with E-state index in [1.807, 2.05) is 12.1 Å². The lowest BCUT2D eigenvalue weighted by atomic mass is 9.78. The molecule has 1 nitrogen and oxygen atoms in total. The first-order valence-electron chi connectivity index (χ1n) is 6.69. The van der Waals surface area contributed by atoms with E-state index in [1.54, 1.807) is 6.07 Å². The van der Waals surface area contributed by atoms with Gasteiger partial charge in [-0.15, -0.1) is 0 Å². The minimum atomic E-state index is -0.302. The third kappa shape index (κ3) is 3.40. The highest BCUT2D eigenvalue weighted by atomic mass is 35.5. The Balaban J connectivity index is 2.02. The summed E-state index contributed by atoms with van der Waals surface area (Å²) in [5.74, 6) is 1.14. The Morgan fingerprint density at radius 3 is 2.83 bits per heavy atom. The Labute approximate surface area is 119 Å². The fourth-order valence-electron chi connectivity index (χ4n) is 2.93. The third-order valence-corrected chi connectivity index (χ3v) is 4.84. The van der Waals surface area contributed by atoms with Gasteiger partial charge in [0.1, 0.15) is 0 Å². The van der Waals surface area contributed by atoms with Crippen LogP contribution < -0.4 is 0 Å². The Hall–Kier alpha value is -0.240. The van der Waals surface area contributed by atoms with E-state index >= 15 is 0 Å². The van der Waals surface area contributed by atoms with Crippen molar-refractivity contribution in [3.05, 3.63) is 33.8 Å². The number of hydrogen-bond donors (Lipinski definition) is 1. The second kappa shape index (κ2) is 6.27. The van der Waals surface area contributed by atoms with Crippen molar-refractivity contribution in [2.45, 2.75) is 45.1 Å². The standard InChI is InChI=1S/C15H20Cl2O/c1-10-4-2-5-11(8-10)14(18)9-12-6-3-7-13(16)15(12)17/h3,6-7,10-11,14,18H,2,4-5,8-9H2,1H3. The van der Waals surface area contributed by atoms with E-state index in [0.717, 1.165) is 24.3 Å². The Morgan fingerprint density at radius 1 is 1.33 bits per heavy atom. The monoisotopic (exact) mass is 286 g/mol. The second-order valence-electron chi connectivity index (χ2n) is 5.52. The maximum absolute atomic E-state index is 10.4. The minimum Gasteiger partial charge on any atom is -0.392 e. The predicted molar refractivity (Wildman–Crippen MR) is 77.3 cm³/mol. The Kier molecular flexibility index (Phi) is 4.94. The Bertz CT molecular complexity index is 405. The minimum absolute atomic E-state index is 0.302. The number of benzene rings is 1. The third-order valence-electron chi connectivity index (χ3n) is 3.98. The largest absolute Gasteiger partial charge is 0.392 e. The topological polar surface area (TPSA) is 20.2 Å². The van der Waals surface area contributed by atoms with Crippen molar-refractivity contribution in [2.75, 3.05) is 0 Å². The first-order valence-corrected chi connectivity index (χ1v) is 7.44. The summed E-state index contributed by atoms with van der Waals surface area (Å²) in [6.07, 6.45) is 5.08. The molecule has 2 rings (SSSR count). The lowest BCUT2D eigenvalue weighted by Gasteiger charge is -2.30. The van der Waals surface area contributed by atoms with Gasteiger partial charge in [-0.1, -0.05) is 55.1 Å². The lowest BCUT2D eigenvalue weighted by Crippen LogP contribution is -2.27. The quantitative estimate of drug-likeness (QED) is 0.852. The van der Waals surface area contributed by atoms with Crippen LogP contribution >= 0.6 is 23.2 Å². The van der Waals surface area contributed by atoms with Crippen LogP contribution in [0.15, 0.2) is 18.2 Å². The zero-order valence-electron chi connectivity index (χ0n) is 10.7. The van der Waals surface area contributed by atoms with Gasteiger partial charge < -0.3 is 5.11 Å². The smallest absolute Gasteiger partial charge is 0.0625 e. The lowest BCUT2D eigenvalue weighted by molar-refractivity contribution is 0.0720. The number of rotatable bonds is 3.